The predicted molar refractivity (Wildman–Crippen MR) is 71.6 cm³/mol. The van der Waals surface area contributed by atoms with Crippen molar-refractivity contribution in [3.63, 3.8) is 0 Å². The first-order valence-corrected chi connectivity index (χ1v) is 6.17. The molecule has 1 aliphatic heterocycles. The molecule has 0 aromatic heterocycles. The van der Waals surface area contributed by atoms with Crippen LogP contribution < -0.4 is 5.32 Å². The fourth-order valence-corrected chi connectivity index (χ4v) is 1.91. The lowest BCUT2D eigenvalue weighted by Gasteiger charge is -2.34. The van der Waals surface area contributed by atoms with Crippen LogP contribution in [0.3, 0.4) is 0 Å². The van der Waals surface area contributed by atoms with Gasteiger partial charge in [0.25, 0.3) is 0 Å². The second kappa shape index (κ2) is 6.04. The van der Waals surface area contributed by atoms with Crippen molar-refractivity contribution in [2.75, 3.05) is 13.1 Å². The normalized spacial score (nSPS) is 17.9. The molecular formula is C14H16N2O3. The summed E-state index contributed by atoms with van der Waals surface area (Å²) in [5, 5.41) is 11.6. The highest BCUT2D eigenvalue weighted by Crippen LogP contribution is 2.09. The van der Waals surface area contributed by atoms with Crippen LogP contribution in [-0.2, 0) is 4.79 Å². The summed E-state index contributed by atoms with van der Waals surface area (Å²) in [5.74, 6) is -0.213. The average molecular weight is 260 g/mol. The summed E-state index contributed by atoms with van der Waals surface area (Å²) in [6.07, 6.45) is 3.40. The van der Waals surface area contributed by atoms with Crippen LogP contribution in [0.25, 0.3) is 6.08 Å². The van der Waals surface area contributed by atoms with Crippen LogP contribution in [0, 0.1) is 0 Å². The number of carboxylic acid groups (broad SMARTS) is 1. The van der Waals surface area contributed by atoms with E-state index in [4.69, 9.17) is 5.11 Å². The molecule has 2 N–H and O–H groups in total. The van der Waals surface area contributed by atoms with Crippen molar-refractivity contribution in [1.29, 1.82) is 0 Å². The quantitative estimate of drug-likeness (QED) is 0.789. The summed E-state index contributed by atoms with van der Waals surface area (Å²) >= 11 is 0. The Morgan fingerprint density at radius 2 is 2.16 bits per heavy atom. The van der Waals surface area contributed by atoms with Gasteiger partial charge in [-0.2, -0.15) is 0 Å². The molecule has 0 bridgehead atoms. The summed E-state index contributed by atoms with van der Waals surface area (Å²) in [5.41, 5.74) is 1.07. The van der Waals surface area contributed by atoms with Gasteiger partial charge in [-0.15, -0.1) is 0 Å². The van der Waals surface area contributed by atoms with E-state index in [9.17, 15) is 9.59 Å². The number of hydrogen-bond donors (Lipinski definition) is 2. The van der Waals surface area contributed by atoms with E-state index in [1.807, 2.05) is 42.5 Å². The van der Waals surface area contributed by atoms with Gasteiger partial charge in [0.1, 0.15) is 6.04 Å². The minimum atomic E-state index is -1.05. The first kappa shape index (κ1) is 13.1. The smallest absolute Gasteiger partial charge is 0.408 e. The molecule has 0 unspecified atom stereocenters. The Hall–Kier alpha value is -2.30. The van der Waals surface area contributed by atoms with Gasteiger partial charge in [-0.25, -0.2) is 4.79 Å². The average Bonchev–Trinajstić information content (AvgIpc) is 2.41. The van der Waals surface area contributed by atoms with Crippen molar-refractivity contribution in [2.24, 2.45) is 0 Å². The molecule has 1 aromatic carbocycles. The van der Waals surface area contributed by atoms with Crippen molar-refractivity contribution >= 4 is 18.1 Å². The van der Waals surface area contributed by atoms with Crippen molar-refractivity contribution in [1.82, 2.24) is 10.2 Å². The van der Waals surface area contributed by atoms with E-state index >= 15 is 0 Å². The lowest BCUT2D eigenvalue weighted by molar-refractivity contribution is -0.132. The van der Waals surface area contributed by atoms with Crippen LogP contribution in [0.2, 0.25) is 0 Å². The molecule has 2 amide bonds. The maximum atomic E-state index is 11.2. The van der Waals surface area contributed by atoms with Crippen LogP contribution in [-0.4, -0.2) is 41.1 Å². The second-order valence-corrected chi connectivity index (χ2v) is 4.34. The third-order valence-corrected chi connectivity index (χ3v) is 3.04. The van der Waals surface area contributed by atoms with Crippen LogP contribution >= 0.6 is 0 Å². The summed E-state index contributed by atoms with van der Waals surface area (Å²) in [4.78, 5) is 23.5. The predicted octanol–water partition coefficient (Wildman–Crippen LogP) is 1.57. The van der Waals surface area contributed by atoms with Gasteiger partial charge in [-0.05, 0) is 12.0 Å². The highest BCUT2D eigenvalue weighted by Gasteiger charge is 2.35. The highest BCUT2D eigenvalue weighted by atomic mass is 16.4. The zero-order chi connectivity index (χ0) is 13.7. The summed E-state index contributed by atoms with van der Waals surface area (Å²) in [6, 6.07) is 9.26. The molecular weight excluding hydrogens is 244 g/mol. The van der Waals surface area contributed by atoms with Crippen LogP contribution in [0.4, 0.5) is 4.79 Å². The van der Waals surface area contributed by atoms with Crippen LogP contribution in [0.15, 0.2) is 36.4 Å². The lowest BCUT2D eigenvalue weighted by atomic mass is 10.1. The molecule has 19 heavy (non-hydrogen) atoms. The minimum Gasteiger partial charge on any atom is -0.465 e. The Morgan fingerprint density at radius 3 is 2.68 bits per heavy atom. The molecule has 1 aromatic rings. The van der Waals surface area contributed by atoms with Gasteiger partial charge in [0.2, 0.25) is 5.91 Å². The molecule has 1 heterocycles. The van der Waals surface area contributed by atoms with Gasteiger partial charge in [0.15, 0.2) is 0 Å². The molecule has 1 atom stereocenters. The molecule has 1 aliphatic rings. The molecule has 5 heteroatoms. The summed E-state index contributed by atoms with van der Waals surface area (Å²) in [7, 11) is 0. The molecule has 0 spiro atoms. The monoisotopic (exact) mass is 260 g/mol. The van der Waals surface area contributed by atoms with Crippen LogP contribution in [0.1, 0.15) is 12.0 Å². The largest absolute Gasteiger partial charge is 0.465 e. The highest BCUT2D eigenvalue weighted by molar-refractivity contribution is 5.90. The van der Waals surface area contributed by atoms with Gasteiger partial charge in [0.05, 0.1) is 0 Å². The molecule has 1 saturated heterocycles. The summed E-state index contributed by atoms with van der Waals surface area (Å²) < 4.78 is 0. The number of amides is 2. The zero-order valence-corrected chi connectivity index (χ0v) is 10.5. The van der Waals surface area contributed by atoms with Gasteiger partial charge in [-0.1, -0.05) is 42.5 Å². The Bertz CT molecular complexity index is 485. The Kier molecular flexibility index (Phi) is 4.18. The molecule has 0 aliphatic carbocycles. The first-order chi connectivity index (χ1) is 9.18. The maximum Gasteiger partial charge on any atom is 0.408 e. The Labute approximate surface area is 111 Å². The Balaban J connectivity index is 1.84. The van der Waals surface area contributed by atoms with Gasteiger partial charge in [0, 0.05) is 13.1 Å². The van der Waals surface area contributed by atoms with E-state index in [1.54, 1.807) is 0 Å². The first-order valence-electron chi connectivity index (χ1n) is 6.17. The number of rotatable bonds is 5. The van der Waals surface area contributed by atoms with E-state index in [1.165, 1.54) is 4.90 Å². The third-order valence-electron chi connectivity index (χ3n) is 3.04. The van der Waals surface area contributed by atoms with Gasteiger partial charge >= 0.3 is 6.09 Å². The second-order valence-electron chi connectivity index (χ2n) is 4.34. The number of carbonyl (C=O) groups is 2. The fourth-order valence-electron chi connectivity index (χ4n) is 1.91. The fraction of sp³-hybridized carbons (Fsp3) is 0.286. The number of hydrogen-bond acceptors (Lipinski definition) is 2. The topological polar surface area (TPSA) is 69.6 Å². The van der Waals surface area contributed by atoms with Crippen molar-refractivity contribution in [3.05, 3.63) is 42.0 Å². The van der Waals surface area contributed by atoms with Crippen molar-refractivity contribution in [3.8, 4) is 0 Å². The van der Waals surface area contributed by atoms with E-state index in [0.717, 1.165) is 5.56 Å². The van der Waals surface area contributed by atoms with Gasteiger partial charge in [-0.3, -0.25) is 9.69 Å². The standard InChI is InChI=1S/C14H16N2O3/c17-13-12(10-15-13)16(14(18)19)9-5-4-8-11-6-2-1-3-7-11/h1-4,6-8,12H,5,9-10H2,(H,15,17)(H,18,19)/b8-4-/t12-/m0/s1. The van der Waals surface area contributed by atoms with E-state index in [-0.39, 0.29) is 5.91 Å². The third kappa shape index (κ3) is 3.34. The lowest BCUT2D eigenvalue weighted by Crippen LogP contribution is -2.63. The number of carbonyl (C=O) groups excluding carboxylic acids is 1. The zero-order valence-electron chi connectivity index (χ0n) is 10.5. The number of benzene rings is 1. The number of β-lactam (4-membered cyclic amide) rings is 1. The van der Waals surface area contributed by atoms with E-state index < -0.39 is 12.1 Å². The number of nitrogens with zero attached hydrogens (tertiary/aromatic N) is 1. The maximum absolute atomic E-state index is 11.2. The number of nitrogens with one attached hydrogen (secondary N) is 1. The molecule has 100 valence electrons. The molecule has 0 saturated carbocycles. The SMILES string of the molecule is O=C1NC[C@@H]1N(CC/C=C\c1ccccc1)C(=O)O. The van der Waals surface area contributed by atoms with Crippen molar-refractivity contribution < 1.29 is 14.7 Å². The van der Waals surface area contributed by atoms with Gasteiger partial charge < -0.3 is 10.4 Å². The van der Waals surface area contributed by atoms with Crippen LogP contribution in [0.5, 0.6) is 0 Å². The summed E-state index contributed by atoms with van der Waals surface area (Å²) in [6.45, 7) is 0.740. The molecule has 5 nitrogen and oxygen atoms in total. The molecule has 0 radical (unpaired) electrons. The molecule has 2 rings (SSSR count). The Morgan fingerprint density at radius 1 is 1.42 bits per heavy atom. The molecule has 1 fully saturated rings. The minimum absolute atomic E-state index is 0.213. The van der Waals surface area contributed by atoms with E-state index in [2.05, 4.69) is 5.32 Å². The van der Waals surface area contributed by atoms with Crippen molar-refractivity contribution in [2.45, 2.75) is 12.5 Å². The van der Waals surface area contributed by atoms with E-state index in [0.29, 0.717) is 19.5 Å².